The van der Waals surface area contributed by atoms with Gasteiger partial charge in [0.1, 0.15) is 0 Å². The molecule has 4 aromatic carbocycles. The Labute approximate surface area is 258 Å². The molecule has 0 aliphatic carbocycles. The van der Waals surface area contributed by atoms with Gasteiger partial charge in [0.2, 0.25) is 0 Å². The highest BCUT2D eigenvalue weighted by Crippen LogP contribution is 2.26. The molecule has 0 saturated heterocycles. The van der Waals surface area contributed by atoms with Crippen molar-refractivity contribution in [3.05, 3.63) is 160 Å². The lowest BCUT2D eigenvalue weighted by atomic mass is 10.0. The topological polar surface area (TPSA) is 126 Å². The van der Waals surface area contributed by atoms with E-state index in [1.807, 2.05) is 60.7 Å². The van der Waals surface area contributed by atoms with Gasteiger partial charge in [-0.05, 0) is 58.1 Å². The molecule has 0 atom stereocenters. The number of hydrogen-bond acceptors (Lipinski definition) is 6. The van der Waals surface area contributed by atoms with Crippen molar-refractivity contribution in [2.75, 3.05) is 5.32 Å². The summed E-state index contributed by atoms with van der Waals surface area (Å²) in [5, 5.41) is 13.8. The van der Waals surface area contributed by atoms with Crippen LogP contribution in [-0.2, 0) is 19.6 Å². The van der Waals surface area contributed by atoms with Gasteiger partial charge in [0.15, 0.2) is 0 Å². The summed E-state index contributed by atoms with van der Waals surface area (Å²) in [6, 6.07) is 31.5. The second kappa shape index (κ2) is 12.6. The van der Waals surface area contributed by atoms with Crippen LogP contribution >= 0.6 is 0 Å². The van der Waals surface area contributed by atoms with Crippen molar-refractivity contribution in [3.8, 4) is 11.1 Å². The largest absolute Gasteiger partial charge is 0.322 e. The number of benzene rings is 4. The Hall–Kier alpha value is -6.16. The summed E-state index contributed by atoms with van der Waals surface area (Å²) in [5.41, 5.74) is 5.80. The molecule has 1 aliphatic rings. The molecular formula is C35H27N5O5. The van der Waals surface area contributed by atoms with Gasteiger partial charge in [-0.25, -0.2) is 4.79 Å². The summed E-state index contributed by atoms with van der Waals surface area (Å²) in [7, 11) is 0. The standard InChI is InChI=1S/C35H27N5O5/c41-33-31-5-1-2-6-32(31)34(42)39(33)23-25-9-13-28(14-10-25)27-11-7-24(8-12-27)21-38(22-26-4-3-19-36-20-26)35(43)37-29-15-17-30(18-16-29)40(44)45/h1-20H,21-23H2,(H,37,43). The van der Waals surface area contributed by atoms with Crippen molar-refractivity contribution in [1.29, 1.82) is 0 Å². The summed E-state index contributed by atoms with van der Waals surface area (Å²) in [6.07, 6.45) is 3.37. The van der Waals surface area contributed by atoms with Crippen molar-refractivity contribution >= 4 is 29.2 Å². The first-order valence-electron chi connectivity index (χ1n) is 14.2. The molecule has 0 fully saturated rings. The van der Waals surface area contributed by atoms with E-state index >= 15 is 0 Å². The number of nitro groups is 1. The number of hydrogen-bond donors (Lipinski definition) is 1. The molecule has 45 heavy (non-hydrogen) atoms. The maximum atomic E-state index is 13.3. The van der Waals surface area contributed by atoms with Crippen LogP contribution in [0.2, 0.25) is 0 Å². The molecule has 1 aromatic heterocycles. The van der Waals surface area contributed by atoms with E-state index in [2.05, 4.69) is 10.3 Å². The van der Waals surface area contributed by atoms with Gasteiger partial charge in [0.25, 0.3) is 17.5 Å². The maximum Gasteiger partial charge on any atom is 0.322 e. The first-order valence-corrected chi connectivity index (χ1v) is 14.2. The van der Waals surface area contributed by atoms with Crippen molar-refractivity contribution in [2.45, 2.75) is 19.6 Å². The van der Waals surface area contributed by atoms with Crippen molar-refractivity contribution < 1.29 is 19.3 Å². The van der Waals surface area contributed by atoms with Gasteiger partial charge >= 0.3 is 6.03 Å². The van der Waals surface area contributed by atoms with E-state index in [1.165, 1.54) is 29.2 Å². The van der Waals surface area contributed by atoms with E-state index in [4.69, 9.17) is 0 Å². The van der Waals surface area contributed by atoms with Crippen LogP contribution in [0.3, 0.4) is 0 Å². The zero-order chi connectivity index (χ0) is 31.3. The van der Waals surface area contributed by atoms with E-state index in [9.17, 15) is 24.5 Å². The predicted molar refractivity (Wildman–Crippen MR) is 168 cm³/mol. The number of carbonyl (C=O) groups excluding carboxylic acids is 3. The fraction of sp³-hybridized carbons (Fsp3) is 0.0857. The third-order valence-corrected chi connectivity index (χ3v) is 7.55. The molecule has 10 nitrogen and oxygen atoms in total. The van der Waals surface area contributed by atoms with Crippen LogP contribution in [0.1, 0.15) is 37.4 Å². The monoisotopic (exact) mass is 597 g/mol. The average molecular weight is 598 g/mol. The van der Waals surface area contributed by atoms with Crippen molar-refractivity contribution in [1.82, 2.24) is 14.8 Å². The summed E-state index contributed by atoms with van der Waals surface area (Å²) in [5.74, 6) is -0.566. The number of fused-ring (bicyclic) bond motifs is 1. The molecule has 1 N–H and O–H groups in total. The summed E-state index contributed by atoms with van der Waals surface area (Å²) >= 11 is 0. The van der Waals surface area contributed by atoms with E-state index in [1.54, 1.807) is 41.6 Å². The highest BCUT2D eigenvalue weighted by molar-refractivity contribution is 6.21. The third-order valence-electron chi connectivity index (χ3n) is 7.55. The Morgan fingerprint density at radius 1 is 0.733 bits per heavy atom. The molecule has 0 saturated carbocycles. The van der Waals surface area contributed by atoms with Crippen LogP contribution in [0.5, 0.6) is 0 Å². The number of imide groups is 1. The highest BCUT2D eigenvalue weighted by Gasteiger charge is 2.34. The first-order chi connectivity index (χ1) is 21.9. The summed E-state index contributed by atoms with van der Waals surface area (Å²) in [4.78, 5) is 56.3. The molecule has 1 aliphatic heterocycles. The van der Waals surface area contributed by atoms with E-state index in [0.29, 0.717) is 29.9 Å². The normalized spacial score (nSPS) is 12.1. The minimum Gasteiger partial charge on any atom is -0.316 e. The van der Waals surface area contributed by atoms with Gasteiger partial charge < -0.3 is 10.2 Å². The third kappa shape index (κ3) is 6.45. The lowest BCUT2D eigenvalue weighted by Gasteiger charge is -2.23. The number of rotatable bonds is 9. The summed E-state index contributed by atoms with van der Waals surface area (Å²) in [6.45, 7) is 0.816. The van der Waals surface area contributed by atoms with Gasteiger partial charge in [0, 0.05) is 43.3 Å². The second-order valence-electron chi connectivity index (χ2n) is 10.6. The van der Waals surface area contributed by atoms with Gasteiger partial charge in [-0.1, -0.05) is 66.7 Å². The minimum absolute atomic E-state index is 0.0577. The van der Waals surface area contributed by atoms with Gasteiger partial charge in [-0.3, -0.25) is 29.6 Å². The SMILES string of the molecule is O=C(Nc1ccc([N+](=O)[O-])cc1)N(Cc1ccc(-c2ccc(CN3C(=O)c4ccccc4C3=O)cc2)cc1)Cc1cccnc1. The Kier molecular flexibility index (Phi) is 8.10. The van der Waals surface area contributed by atoms with Crippen molar-refractivity contribution in [2.24, 2.45) is 0 Å². The first kappa shape index (κ1) is 28.9. The number of amides is 4. The fourth-order valence-electron chi connectivity index (χ4n) is 5.17. The predicted octanol–water partition coefficient (Wildman–Crippen LogP) is 6.69. The molecule has 0 bridgehead atoms. The van der Waals surface area contributed by atoms with Crippen LogP contribution in [-0.4, -0.2) is 37.6 Å². The molecule has 0 radical (unpaired) electrons. The number of urea groups is 1. The second-order valence-corrected chi connectivity index (χ2v) is 10.6. The molecule has 0 unspecified atom stereocenters. The number of nitro benzene ring substituents is 1. The number of aromatic nitrogens is 1. The molecule has 10 heteroatoms. The number of nitrogens with one attached hydrogen (secondary N) is 1. The van der Waals surface area contributed by atoms with E-state index in [-0.39, 0.29) is 30.1 Å². The molecule has 222 valence electrons. The molecule has 5 aromatic rings. The van der Waals surface area contributed by atoms with Crippen LogP contribution in [0, 0.1) is 10.1 Å². The number of anilines is 1. The Morgan fingerprint density at radius 3 is 1.87 bits per heavy atom. The van der Waals surface area contributed by atoms with Gasteiger partial charge in [0.05, 0.1) is 22.6 Å². The smallest absolute Gasteiger partial charge is 0.316 e. The Bertz CT molecular complexity index is 1840. The molecular weight excluding hydrogens is 570 g/mol. The van der Waals surface area contributed by atoms with Crippen LogP contribution in [0.4, 0.5) is 16.2 Å². The number of nitrogens with zero attached hydrogens (tertiary/aromatic N) is 4. The number of non-ortho nitro benzene ring substituents is 1. The van der Waals surface area contributed by atoms with Gasteiger partial charge in [-0.15, -0.1) is 0 Å². The average Bonchev–Trinajstić information content (AvgIpc) is 3.30. The summed E-state index contributed by atoms with van der Waals surface area (Å²) < 4.78 is 0. The molecule has 2 heterocycles. The lowest BCUT2D eigenvalue weighted by molar-refractivity contribution is -0.384. The van der Waals surface area contributed by atoms with Crippen LogP contribution in [0.15, 0.2) is 122 Å². The fourth-order valence-corrected chi connectivity index (χ4v) is 5.17. The lowest BCUT2D eigenvalue weighted by Crippen LogP contribution is -2.34. The Morgan fingerprint density at radius 2 is 1.31 bits per heavy atom. The zero-order valence-corrected chi connectivity index (χ0v) is 24.0. The molecule has 0 spiro atoms. The quantitative estimate of drug-likeness (QED) is 0.115. The van der Waals surface area contributed by atoms with E-state index in [0.717, 1.165) is 27.8 Å². The number of carbonyl (C=O) groups is 3. The highest BCUT2D eigenvalue weighted by atomic mass is 16.6. The maximum absolute atomic E-state index is 13.3. The number of pyridine rings is 1. The van der Waals surface area contributed by atoms with Crippen molar-refractivity contribution in [3.63, 3.8) is 0 Å². The molecule has 4 amide bonds. The molecule has 6 rings (SSSR count). The van der Waals surface area contributed by atoms with Gasteiger partial charge in [-0.2, -0.15) is 0 Å². The minimum atomic E-state index is -0.490. The van der Waals surface area contributed by atoms with Crippen LogP contribution in [0.25, 0.3) is 11.1 Å². The Balaban J connectivity index is 1.13. The van der Waals surface area contributed by atoms with E-state index < -0.39 is 4.92 Å². The zero-order valence-electron chi connectivity index (χ0n) is 24.0. The van der Waals surface area contributed by atoms with Crippen LogP contribution < -0.4 is 5.32 Å².